The molecule has 6 nitrogen and oxygen atoms in total. The molecule has 2 rings (SSSR count). The van der Waals surface area contributed by atoms with Gasteiger partial charge in [0.15, 0.2) is 0 Å². The highest BCUT2D eigenvalue weighted by Crippen LogP contribution is 2.31. The predicted molar refractivity (Wildman–Crippen MR) is 64.0 cm³/mol. The summed E-state index contributed by atoms with van der Waals surface area (Å²) in [7, 11) is 0. The Labute approximate surface area is 106 Å². The first kappa shape index (κ1) is 13.3. The van der Waals surface area contributed by atoms with Gasteiger partial charge in [-0.25, -0.2) is 0 Å². The minimum Gasteiger partial charge on any atom is -0.481 e. The number of carbonyl (C=O) groups excluding carboxylic acids is 1. The average Bonchev–Trinajstić information content (AvgIpc) is 2.76. The van der Waals surface area contributed by atoms with Gasteiger partial charge in [-0.3, -0.25) is 9.59 Å². The van der Waals surface area contributed by atoms with E-state index >= 15 is 0 Å². The van der Waals surface area contributed by atoms with Crippen molar-refractivity contribution in [3.63, 3.8) is 0 Å². The number of carbonyl (C=O) groups is 2. The molecule has 3 N–H and O–H groups in total. The monoisotopic (exact) mass is 256 g/mol. The largest absolute Gasteiger partial charge is 0.481 e. The van der Waals surface area contributed by atoms with E-state index in [-0.39, 0.29) is 11.9 Å². The number of β-amino-alcohol motifs (C(OH)–C–C–N with tert-alkyl or cyclic N) is 1. The number of nitrogens with one attached hydrogen (secondary N) is 1. The Bertz CT molecular complexity index is 350. The number of rotatable bonds is 2. The van der Waals surface area contributed by atoms with Crippen molar-refractivity contribution in [2.75, 3.05) is 19.6 Å². The van der Waals surface area contributed by atoms with Gasteiger partial charge in [-0.15, -0.1) is 0 Å². The smallest absolute Gasteiger partial charge is 0.309 e. The second kappa shape index (κ2) is 4.85. The molecule has 0 spiro atoms. The van der Waals surface area contributed by atoms with Gasteiger partial charge >= 0.3 is 5.97 Å². The van der Waals surface area contributed by atoms with Crippen molar-refractivity contribution in [1.29, 1.82) is 0 Å². The van der Waals surface area contributed by atoms with Crippen molar-refractivity contribution in [3.8, 4) is 0 Å². The number of likely N-dealkylation sites (tertiary alicyclic amines) is 1. The lowest BCUT2D eigenvalue weighted by molar-refractivity contribution is -0.153. The van der Waals surface area contributed by atoms with Gasteiger partial charge in [-0.2, -0.15) is 0 Å². The van der Waals surface area contributed by atoms with E-state index in [4.69, 9.17) is 5.11 Å². The van der Waals surface area contributed by atoms with Gasteiger partial charge in [0.25, 0.3) is 0 Å². The standard InChI is InChI=1S/C12H20N2O4/c1-12(11(17)18)2-4-14(5-3-12)10(16)9-6-8(15)7-13-9/h8-9,13,15H,2-7H2,1H3,(H,17,18). The number of hydrogen-bond acceptors (Lipinski definition) is 4. The van der Waals surface area contributed by atoms with Crippen molar-refractivity contribution >= 4 is 11.9 Å². The Balaban J connectivity index is 1.90. The van der Waals surface area contributed by atoms with Gasteiger partial charge < -0.3 is 20.4 Å². The van der Waals surface area contributed by atoms with Gasteiger partial charge in [0, 0.05) is 19.6 Å². The zero-order valence-corrected chi connectivity index (χ0v) is 10.6. The minimum absolute atomic E-state index is 0.0148. The number of nitrogens with zero attached hydrogens (tertiary/aromatic N) is 1. The molecule has 2 heterocycles. The normalized spacial score (nSPS) is 31.3. The number of aliphatic hydroxyl groups excluding tert-OH is 1. The number of aliphatic carboxylic acids is 1. The Hall–Kier alpha value is -1.14. The maximum absolute atomic E-state index is 12.1. The SMILES string of the molecule is CC1(C(=O)O)CCN(C(=O)C2CC(O)CN2)CC1. The topological polar surface area (TPSA) is 89.9 Å². The average molecular weight is 256 g/mol. The van der Waals surface area contributed by atoms with Crippen LogP contribution in [0, 0.1) is 5.41 Å². The third-order valence-electron chi connectivity index (χ3n) is 4.10. The lowest BCUT2D eigenvalue weighted by atomic mass is 9.80. The number of amides is 1. The molecule has 0 aromatic heterocycles. The van der Waals surface area contributed by atoms with E-state index in [2.05, 4.69) is 5.32 Å². The molecule has 2 aliphatic heterocycles. The molecule has 2 atom stereocenters. The molecule has 0 aliphatic carbocycles. The van der Waals surface area contributed by atoms with Gasteiger partial charge in [-0.05, 0) is 26.2 Å². The summed E-state index contributed by atoms with van der Waals surface area (Å²) >= 11 is 0. The van der Waals surface area contributed by atoms with Crippen LogP contribution in [0.2, 0.25) is 0 Å². The van der Waals surface area contributed by atoms with Crippen LogP contribution in [0.25, 0.3) is 0 Å². The molecule has 6 heteroatoms. The first-order valence-electron chi connectivity index (χ1n) is 6.36. The summed E-state index contributed by atoms with van der Waals surface area (Å²) < 4.78 is 0. The fourth-order valence-corrected chi connectivity index (χ4v) is 2.56. The first-order chi connectivity index (χ1) is 8.42. The van der Waals surface area contributed by atoms with E-state index in [0.717, 1.165) is 0 Å². The van der Waals surface area contributed by atoms with Gasteiger partial charge in [0.1, 0.15) is 0 Å². The van der Waals surface area contributed by atoms with Crippen molar-refractivity contribution in [2.45, 2.75) is 38.3 Å². The molecule has 2 unspecified atom stereocenters. The molecule has 102 valence electrons. The molecule has 0 radical (unpaired) electrons. The lowest BCUT2D eigenvalue weighted by Crippen LogP contribution is -2.50. The van der Waals surface area contributed by atoms with Crippen LogP contribution in [-0.4, -0.2) is 58.8 Å². The highest BCUT2D eigenvalue weighted by molar-refractivity contribution is 5.83. The Morgan fingerprint density at radius 2 is 1.94 bits per heavy atom. The van der Waals surface area contributed by atoms with E-state index in [1.54, 1.807) is 11.8 Å². The van der Waals surface area contributed by atoms with Crippen LogP contribution in [0.15, 0.2) is 0 Å². The second-order valence-electron chi connectivity index (χ2n) is 5.54. The second-order valence-corrected chi connectivity index (χ2v) is 5.54. The maximum atomic E-state index is 12.1. The van der Waals surface area contributed by atoms with Gasteiger partial charge in [-0.1, -0.05) is 0 Å². The quantitative estimate of drug-likeness (QED) is 0.615. The van der Waals surface area contributed by atoms with Crippen LogP contribution in [-0.2, 0) is 9.59 Å². The maximum Gasteiger partial charge on any atom is 0.309 e. The molecular formula is C12H20N2O4. The van der Waals surface area contributed by atoms with E-state index in [1.807, 2.05) is 0 Å². The molecule has 0 aromatic rings. The predicted octanol–water partition coefficient (Wildman–Crippen LogP) is -0.577. The summed E-state index contributed by atoms with van der Waals surface area (Å²) in [4.78, 5) is 24.9. The summed E-state index contributed by atoms with van der Waals surface area (Å²) in [6, 6.07) is -0.311. The molecule has 1 amide bonds. The van der Waals surface area contributed by atoms with Crippen LogP contribution in [0.3, 0.4) is 0 Å². The lowest BCUT2D eigenvalue weighted by Gasteiger charge is -2.37. The number of piperidine rings is 1. The van der Waals surface area contributed by atoms with Crippen LogP contribution in [0.1, 0.15) is 26.2 Å². The number of aliphatic hydroxyl groups is 1. The molecule has 2 aliphatic rings. The molecule has 0 aromatic carbocycles. The van der Waals surface area contributed by atoms with Gasteiger partial charge in [0.05, 0.1) is 17.6 Å². The van der Waals surface area contributed by atoms with E-state index in [1.165, 1.54) is 0 Å². The Morgan fingerprint density at radius 3 is 2.39 bits per heavy atom. The van der Waals surface area contributed by atoms with Crippen molar-refractivity contribution in [3.05, 3.63) is 0 Å². The molecule has 18 heavy (non-hydrogen) atoms. The van der Waals surface area contributed by atoms with E-state index in [9.17, 15) is 14.7 Å². The third-order valence-corrected chi connectivity index (χ3v) is 4.10. The highest BCUT2D eigenvalue weighted by Gasteiger charge is 2.40. The minimum atomic E-state index is -0.788. The third kappa shape index (κ3) is 2.49. The number of carboxylic acids is 1. The fraction of sp³-hybridized carbons (Fsp3) is 0.833. The zero-order valence-electron chi connectivity index (χ0n) is 10.6. The fourth-order valence-electron chi connectivity index (χ4n) is 2.56. The molecule has 2 fully saturated rings. The molecular weight excluding hydrogens is 236 g/mol. The summed E-state index contributed by atoms with van der Waals surface area (Å²) in [6.07, 6.45) is 0.978. The first-order valence-corrected chi connectivity index (χ1v) is 6.36. The van der Waals surface area contributed by atoms with E-state index < -0.39 is 17.5 Å². The van der Waals surface area contributed by atoms with Crippen LogP contribution >= 0.6 is 0 Å². The summed E-state index contributed by atoms with van der Waals surface area (Å²) in [6.45, 7) is 3.15. The number of carboxylic acid groups (broad SMARTS) is 1. The van der Waals surface area contributed by atoms with Crippen molar-refractivity contribution in [2.24, 2.45) is 5.41 Å². The van der Waals surface area contributed by atoms with Crippen molar-refractivity contribution < 1.29 is 19.8 Å². The molecule has 2 saturated heterocycles. The van der Waals surface area contributed by atoms with Crippen LogP contribution < -0.4 is 5.32 Å². The summed E-state index contributed by atoms with van der Waals surface area (Å²) in [5.74, 6) is -0.803. The van der Waals surface area contributed by atoms with Crippen LogP contribution in [0.5, 0.6) is 0 Å². The Kier molecular flexibility index (Phi) is 3.59. The molecule has 0 saturated carbocycles. The van der Waals surface area contributed by atoms with Gasteiger partial charge in [0.2, 0.25) is 5.91 Å². The Morgan fingerprint density at radius 1 is 1.33 bits per heavy atom. The van der Waals surface area contributed by atoms with E-state index in [0.29, 0.717) is 38.9 Å². The molecule has 0 bridgehead atoms. The highest BCUT2D eigenvalue weighted by atomic mass is 16.4. The summed E-state index contributed by atoms with van der Waals surface area (Å²) in [5.41, 5.74) is -0.709. The number of hydrogen-bond donors (Lipinski definition) is 3. The van der Waals surface area contributed by atoms with Crippen molar-refractivity contribution in [1.82, 2.24) is 10.2 Å². The summed E-state index contributed by atoms with van der Waals surface area (Å²) in [5, 5.41) is 21.5. The van der Waals surface area contributed by atoms with Crippen LogP contribution in [0.4, 0.5) is 0 Å². The zero-order chi connectivity index (χ0) is 13.3.